The molecule has 2 aromatic rings. The van der Waals surface area contributed by atoms with Crippen molar-refractivity contribution in [2.24, 2.45) is 5.92 Å². The molecule has 0 spiro atoms. The van der Waals surface area contributed by atoms with Crippen molar-refractivity contribution < 1.29 is 4.74 Å². The van der Waals surface area contributed by atoms with E-state index in [1.165, 1.54) is 0 Å². The second-order valence-corrected chi connectivity index (χ2v) is 5.73. The van der Waals surface area contributed by atoms with Gasteiger partial charge in [0.05, 0.1) is 24.3 Å². The van der Waals surface area contributed by atoms with E-state index in [0.29, 0.717) is 30.1 Å². The van der Waals surface area contributed by atoms with Crippen molar-refractivity contribution in [2.75, 3.05) is 6.54 Å². The second kappa shape index (κ2) is 7.17. The van der Waals surface area contributed by atoms with Crippen LogP contribution in [0.5, 0.6) is 11.6 Å². The zero-order valence-corrected chi connectivity index (χ0v) is 13.1. The minimum absolute atomic E-state index is 0.306. The Labute approximate surface area is 125 Å². The van der Waals surface area contributed by atoms with Gasteiger partial charge in [0.1, 0.15) is 0 Å². The van der Waals surface area contributed by atoms with E-state index in [9.17, 15) is 0 Å². The van der Waals surface area contributed by atoms with Gasteiger partial charge in [-0.25, -0.2) is 4.98 Å². The Hall–Kier alpha value is -1.95. The lowest BCUT2D eigenvalue weighted by Crippen LogP contribution is -2.19. The Morgan fingerprint density at radius 2 is 2.00 bits per heavy atom. The summed E-state index contributed by atoms with van der Waals surface area (Å²) >= 11 is 0. The molecule has 6 heteroatoms. The van der Waals surface area contributed by atoms with Crippen molar-refractivity contribution in [1.29, 1.82) is 0 Å². The van der Waals surface area contributed by atoms with Gasteiger partial charge in [0.2, 0.25) is 5.88 Å². The molecular weight excluding hydrogens is 266 g/mol. The van der Waals surface area contributed by atoms with Gasteiger partial charge >= 0.3 is 0 Å². The van der Waals surface area contributed by atoms with E-state index in [-0.39, 0.29) is 0 Å². The van der Waals surface area contributed by atoms with Crippen LogP contribution in [-0.4, -0.2) is 26.3 Å². The van der Waals surface area contributed by atoms with Crippen LogP contribution in [-0.2, 0) is 6.54 Å². The van der Waals surface area contributed by atoms with E-state index >= 15 is 0 Å². The van der Waals surface area contributed by atoms with Crippen LogP contribution in [0.2, 0.25) is 0 Å². The largest absolute Gasteiger partial charge is 0.434 e. The topological polar surface area (TPSA) is 64.9 Å². The zero-order chi connectivity index (χ0) is 15.2. The monoisotopic (exact) mass is 289 g/mol. The van der Waals surface area contributed by atoms with Gasteiger partial charge in [-0.3, -0.25) is 9.67 Å². The number of nitrogens with zero attached hydrogens (tertiary/aromatic N) is 4. The summed E-state index contributed by atoms with van der Waals surface area (Å²) in [5.74, 6) is 1.77. The molecule has 2 aromatic heterocycles. The summed E-state index contributed by atoms with van der Waals surface area (Å²) in [6, 6.07) is 0.306. The molecule has 0 aromatic carbocycles. The summed E-state index contributed by atoms with van der Waals surface area (Å²) in [5, 5.41) is 7.57. The van der Waals surface area contributed by atoms with Crippen LogP contribution < -0.4 is 10.1 Å². The third kappa shape index (κ3) is 4.82. The van der Waals surface area contributed by atoms with E-state index in [1.807, 2.05) is 10.9 Å². The average Bonchev–Trinajstić information content (AvgIpc) is 2.87. The second-order valence-electron chi connectivity index (χ2n) is 5.73. The fourth-order valence-electron chi connectivity index (χ4n) is 1.79. The molecule has 0 atom stereocenters. The first-order valence-electron chi connectivity index (χ1n) is 7.28. The Bertz CT molecular complexity index is 565. The molecule has 0 amide bonds. The highest BCUT2D eigenvalue weighted by molar-refractivity contribution is 5.20. The predicted molar refractivity (Wildman–Crippen MR) is 81.3 cm³/mol. The molecule has 2 heterocycles. The Morgan fingerprint density at radius 3 is 2.67 bits per heavy atom. The van der Waals surface area contributed by atoms with Crippen molar-refractivity contribution >= 4 is 0 Å². The summed E-state index contributed by atoms with van der Waals surface area (Å²) in [4.78, 5) is 8.60. The van der Waals surface area contributed by atoms with Crippen LogP contribution in [0, 0.1) is 5.92 Å². The molecular formula is C15H23N5O. The molecule has 0 radical (unpaired) electrons. The Kier molecular flexibility index (Phi) is 5.27. The molecule has 0 bridgehead atoms. The van der Waals surface area contributed by atoms with Gasteiger partial charge in [0.15, 0.2) is 5.75 Å². The minimum Gasteiger partial charge on any atom is -0.434 e. The standard InChI is InChI=1S/C15H23N5O/c1-11(2)5-16-6-13-7-17-9-15(19-13)21-14-8-18-20(10-14)12(3)4/h7-12,16H,5-6H2,1-4H3. The normalized spacial score (nSPS) is 11.3. The molecule has 0 unspecified atom stereocenters. The molecule has 21 heavy (non-hydrogen) atoms. The van der Waals surface area contributed by atoms with Crippen LogP contribution >= 0.6 is 0 Å². The molecule has 6 nitrogen and oxygen atoms in total. The zero-order valence-electron chi connectivity index (χ0n) is 13.1. The van der Waals surface area contributed by atoms with Gasteiger partial charge in [-0.05, 0) is 26.3 Å². The fraction of sp³-hybridized carbons (Fsp3) is 0.533. The highest BCUT2D eigenvalue weighted by Gasteiger charge is 2.06. The van der Waals surface area contributed by atoms with Crippen LogP contribution in [0.1, 0.15) is 39.4 Å². The van der Waals surface area contributed by atoms with Crippen LogP contribution in [0.4, 0.5) is 0 Å². The molecule has 0 aliphatic carbocycles. The quantitative estimate of drug-likeness (QED) is 0.849. The first-order valence-corrected chi connectivity index (χ1v) is 7.28. The summed E-state index contributed by atoms with van der Waals surface area (Å²) in [6.07, 6.45) is 6.90. The lowest BCUT2D eigenvalue weighted by Gasteiger charge is -2.08. The molecule has 0 fully saturated rings. The lowest BCUT2D eigenvalue weighted by atomic mass is 10.2. The molecule has 0 aliphatic heterocycles. The van der Waals surface area contributed by atoms with Gasteiger partial charge in [-0.15, -0.1) is 0 Å². The van der Waals surface area contributed by atoms with Crippen molar-refractivity contribution in [1.82, 2.24) is 25.1 Å². The van der Waals surface area contributed by atoms with Gasteiger partial charge in [-0.2, -0.15) is 5.10 Å². The van der Waals surface area contributed by atoms with E-state index < -0.39 is 0 Å². The van der Waals surface area contributed by atoms with E-state index in [1.54, 1.807) is 18.6 Å². The number of nitrogens with one attached hydrogen (secondary N) is 1. The number of hydrogen-bond acceptors (Lipinski definition) is 5. The van der Waals surface area contributed by atoms with Crippen LogP contribution in [0.15, 0.2) is 24.8 Å². The van der Waals surface area contributed by atoms with Crippen LogP contribution in [0.3, 0.4) is 0 Å². The molecule has 0 saturated heterocycles. The molecule has 1 N–H and O–H groups in total. The number of hydrogen-bond donors (Lipinski definition) is 1. The summed E-state index contributed by atoms with van der Waals surface area (Å²) < 4.78 is 7.54. The van der Waals surface area contributed by atoms with Crippen molar-refractivity contribution in [3.8, 4) is 11.6 Å². The maximum absolute atomic E-state index is 5.69. The van der Waals surface area contributed by atoms with E-state index in [2.05, 4.69) is 48.1 Å². The SMILES string of the molecule is CC(C)CNCc1cncc(Oc2cnn(C(C)C)c2)n1. The number of aromatic nitrogens is 4. The van der Waals surface area contributed by atoms with Gasteiger partial charge in [-0.1, -0.05) is 13.8 Å². The maximum Gasteiger partial charge on any atom is 0.238 e. The third-order valence-corrected chi connectivity index (χ3v) is 2.85. The third-order valence-electron chi connectivity index (χ3n) is 2.85. The number of rotatable bonds is 7. The summed E-state index contributed by atoms with van der Waals surface area (Å²) in [6.45, 7) is 10.1. The van der Waals surface area contributed by atoms with Gasteiger partial charge < -0.3 is 10.1 Å². The first-order chi connectivity index (χ1) is 10.0. The number of ether oxygens (including phenoxy) is 1. The van der Waals surface area contributed by atoms with Crippen molar-refractivity contribution in [2.45, 2.75) is 40.3 Å². The average molecular weight is 289 g/mol. The minimum atomic E-state index is 0.306. The van der Waals surface area contributed by atoms with E-state index in [0.717, 1.165) is 12.2 Å². The maximum atomic E-state index is 5.69. The molecule has 114 valence electrons. The van der Waals surface area contributed by atoms with Gasteiger partial charge in [0.25, 0.3) is 0 Å². The van der Waals surface area contributed by atoms with Crippen molar-refractivity contribution in [3.05, 3.63) is 30.5 Å². The smallest absolute Gasteiger partial charge is 0.238 e. The summed E-state index contributed by atoms with van der Waals surface area (Å²) in [7, 11) is 0. The predicted octanol–water partition coefficient (Wildman–Crippen LogP) is 2.79. The highest BCUT2D eigenvalue weighted by Crippen LogP contribution is 2.19. The van der Waals surface area contributed by atoms with Crippen molar-refractivity contribution in [3.63, 3.8) is 0 Å². The molecule has 2 rings (SSSR count). The van der Waals surface area contributed by atoms with E-state index in [4.69, 9.17) is 4.74 Å². The molecule has 0 saturated carbocycles. The van der Waals surface area contributed by atoms with Gasteiger partial charge in [0, 0.05) is 18.8 Å². The Morgan fingerprint density at radius 1 is 1.19 bits per heavy atom. The van der Waals surface area contributed by atoms with Crippen LogP contribution in [0.25, 0.3) is 0 Å². The Balaban J connectivity index is 1.96. The summed E-state index contributed by atoms with van der Waals surface area (Å²) in [5.41, 5.74) is 0.865. The first kappa shape index (κ1) is 15.4. The lowest BCUT2D eigenvalue weighted by molar-refractivity contribution is 0.452. The molecule has 0 aliphatic rings. The fourth-order valence-corrected chi connectivity index (χ4v) is 1.79. The highest BCUT2D eigenvalue weighted by atomic mass is 16.5.